The molecular formula is C18H14Cl2N2OS. The number of amides is 1. The Morgan fingerprint density at radius 2 is 1.75 bits per heavy atom. The van der Waals surface area contributed by atoms with Crippen LogP contribution >= 0.6 is 35.0 Å². The Labute approximate surface area is 154 Å². The highest BCUT2D eigenvalue weighted by atomic mass is 35.5. The van der Waals surface area contributed by atoms with Gasteiger partial charge in [-0.05, 0) is 72.6 Å². The molecule has 3 rings (SSSR count). The van der Waals surface area contributed by atoms with Gasteiger partial charge in [-0.1, -0.05) is 35.3 Å². The quantitative estimate of drug-likeness (QED) is 0.702. The van der Waals surface area contributed by atoms with Crippen LogP contribution in [0.25, 0.3) is 6.08 Å². The Kier molecular flexibility index (Phi) is 4.99. The first-order chi connectivity index (χ1) is 11.4. The van der Waals surface area contributed by atoms with Gasteiger partial charge in [0, 0.05) is 0 Å². The molecule has 0 aromatic heterocycles. The summed E-state index contributed by atoms with van der Waals surface area (Å²) in [5.74, 6) is -0.172. The number of thioether (sulfide) groups is 1. The van der Waals surface area contributed by atoms with E-state index in [2.05, 4.69) is 16.4 Å². The van der Waals surface area contributed by atoms with Gasteiger partial charge >= 0.3 is 0 Å². The van der Waals surface area contributed by atoms with E-state index in [1.165, 1.54) is 11.8 Å². The number of rotatable bonds is 2. The molecule has 1 aliphatic rings. The number of aryl methyl sites for hydroxylation is 2. The molecule has 1 aliphatic heterocycles. The van der Waals surface area contributed by atoms with E-state index in [1.807, 2.05) is 32.0 Å². The first-order valence-electron chi connectivity index (χ1n) is 7.23. The van der Waals surface area contributed by atoms with Crippen LogP contribution in [-0.4, -0.2) is 11.1 Å². The highest BCUT2D eigenvalue weighted by Gasteiger charge is 2.23. The minimum atomic E-state index is -0.172. The van der Waals surface area contributed by atoms with Gasteiger partial charge in [0.2, 0.25) is 0 Å². The summed E-state index contributed by atoms with van der Waals surface area (Å²) in [6.07, 6.45) is 1.77. The number of halogens is 2. The molecule has 24 heavy (non-hydrogen) atoms. The van der Waals surface area contributed by atoms with Crippen LogP contribution in [0.3, 0.4) is 0 Å². The van der Waals surface area contributed by atoms with E-state index >= 15 is 0 Å². The Balaban J connectivity index is 1.86. The molecule has 3 nitrogen and oxygen atoms in total. The number of hydrogen-bond acceptors (Lipinski definition) is 3. The average Bonchev–Trinajstić information content (AvgIpc) is 2.81. The zero-order valence-corrected chi connectivity index (χ0v) is 15.4. The monoisotopic (exact) mass is 376 g/mol. The van der Waals surface area contributed by atoms with E-state index in [1.54, 1.807) is 18.2 Å². The molecule has 1 fully saturated rings. The average molecular weight is 377 g/mol. The summed E-state index contributed by atoms with van der Waals surface area (Å²) in [4.78, 5) is 17.2. The van der Waals surface area contributed by atoms with Crippen molar-refractivity contribution in [3.05, 3.63) is 68.0 Å². The lowest BCUT2D eigenvalue weighted by molar-refractivity contribution is -0.115. The number of aliphatic imine (C=N–C) groups is 1. The van der Waals surface area contributed by atoms with Crippen LogP contribution in [0.2, 0.25) is 10.0 Å². The molecule has 0 unspecified atom stereocenters. The molecule has 2 aromatic rings. The molecule has 0 bridgehead atoms. The van der Waals surface area contributed by atoms with Gasteiger partial charge in [-0.2, -0.15) is 0 Å². The SMILES string of the molecule is Cc1cc(C)cc(N=C2NC(=O)C(=Cc3ccc(Cl)c(Cl)c3)S2)c1. The molecule has 1 saturated heterocycles. The van der Waals surface area contributed by atoms with Gasteiger partial charge in [0.15, 0.2) is 5.17 Å². The number of carbonyl (C=O) groups excluding carboxylic acids is 1. The maximum Gasteiger partial charge on any atom is 0.264 e. The Bertz CT molecular complexity index is 870. The number of carbonyl (C=O) groups is 1. The van der Waals surface area contributed by atoms with Crippen molar-refractivity contribution in [2.75, 3.05) is 0 Å². The van der Waals surface area contributed by atoms with Crippen molar-refractivity contribution >= 4 is 57.8 Å². The predicted octanol–water partition coefficient (Wildman–Crippen LogP) is 5.50. The van der Waals surface area contributed by atoms with Gasteiger partial charge < -0.3 is 5.32 Å². The van der Waals surface area contributed by atoms with Crippen LogP contribution in [0.4, 0.5) is 5.69 Å². The fourth-order valence-corrected chi connectivity index (χ4v) is 3.51. The molecule has 122 valence electrons. The van der Waals surface area contributed by atoms with Gasteiger partial charge in [0.05, 0.1) is 20.6 Å². The van der Waals surface area contributed by atoms with Crippen molar-refractivity contribution in [2.24, 2.45) is 4.99 Å². The molecule has 1 heterocycles. The van der Waals surface area contributed by atoms with E-state index in [-0.39, 0.29) is 5.91 Å². The van der Waals surface area contributed by atoms with Crippen LogP contribution in [-0.2, 0) is 4.79 Å². The van der Waals surface area contributed by atoms with Crippen LogP contribution in [0.1, 0.15) is 16.7 Å². The van der Waals surface area contributed by atoms with E-state index in [0.29, 0.717) is 20.1 Å². The molecule has 0 atom stereocenters. The number of nitrogens with one attached hydrogen (secondary N) is 1. The Hall–Kier alpha value is -1.75. The van der Waals surface area contributed by atoms with E-state index in [4.69, 9.17) is 23.2 Å². The molecular weight excluding hydrogens is 363 g/mol. The van der Waals surface area contributed by atoms with Crippen LogP contribution in [0.5, 0.6) is 0 Å². The summed E-state index contributed by atoms with van der Waals surface area (Å²) >= 11 is 13.2. The standard InChI is InChI=1S/C18H14Cl2N2OS/c1-10-5-11(2)7-13(6-10)21-18-22-17(23)16(24-18)9-12-3-4-14(19)15(20)8-12/h3-9H,1-2H3,(H,21,22,23). The zero-order valence-electron chi connectivity index (χ0n) is 13.1. The molecule has 6 heteroatoms. The molecule has 1 amide bonds. The van der Waals surface area contributed by atoms with Gasteiger partial charge in [0.25, 0.3) is 5.91 Å². The summed E-state index contributed by atoms with van der Waals surface area (Å²) in [7, 11) is 0. The molecule has 0 aliphatic carbocycles. The maximum atomic E-state index is 12.1. The molecule has 2 aromatic carbocycles. The van der Waals surface area contributed by atoms with Gasteiger partial charge in [0.1, 0.15) is 0 Å². The first-order valence-corrected chi connectivity index (χ1v) is 8.81. The second-order valence-corrected chi connectivity index (χ2v) is 7.35. The normalized spacial score (nSPS) is 17.6. The molecule has 0 radical (unpaired) electrons. The highest BCUT2D eigenvalue weighted by molar-refractivity contribution is 8.18. The summed E-state index contributed by atoms with van der Waals surface area (Å²) in [6, 6.07) is 11.3. The van der Waals surface area contributed by atoms with Crippen molar-refractivity contribution in [1.82, 2.24) is 5.32 Å². The van der Waals surface area contributed by atoms with Crippen molar-refractivity contribution in [3.8, 4) is 0 Å². The topological polar surface area (TPSA) is 41.5 Å². The zero-order chi connectivity index (χ0) is 17.3. The minimum Gasteiger partial charge on any atom is -0.300 e. The third-order valence-corrected chi connectivity index (χ3v) is 4.98. The van der Waals surface area contributed by atoms with Crippen molar-refractivity contribution < 1.29 is 4.79 Å². The van der Waals surface area contributed by atoms with Crippen molar-refractivity contribution in [3.63, 3.8) is 0 Å². The second kappa shape index (κ2) is 7.01. The largest absolute Gasteiger partial charge is 0.300 e. The molecule has 0 spiro atoms. The third-order valence-electron chi connectivity index (χ3n) is 3.33. The fraction of sp³-hybridized carbons (Fsp3) is 0.111. The van der Waals surface area contributed by atoms with Crippen LogP contribution in [0.15, 0.2) is 46.3 Å². The van der Waals surface area contributed by atoms with Crippen LogP contribution < -0.4 is 5.32 Å². The molecule has 1 N–H and O–H groups in total. The lowest BCUT2D eigenvalue weighted by Crippen LogP contribution is -2.19. The number of hydrogen-bond donors (Lipinski definition) is 1. The summed E-state index contributed by atoms with van der Waals surface area (Å²) < 4.78 is 0. The van der Waals surface area contributed by atoms with E-state index in [0.717, 1.165) is 22.4 Å². The first kappa shape index (κ1) is 17.1. The van der Waals surface area contributed by atoms with E-state index < -0.39 is 0 Å². The number of benzene rings is 2. The van der Waals surface area contributed by atoms with Crippen LogP contribution in [0, 0.1) is 13.8 Å². The second-order valence-electron chi connectivity index (χ2n) is 5.50. The summed E-state index contributed by atoms with van der Waals surface area (Å²) in [5.41, 5.74) is 3.91. The Morgan fingerprint density at radius 1 is 1.04 bits per heavy atom. The molecule has 0 saturated carbocycles. The van der Waals surface area contributed by atoms with E-state index in [9.17, 15) is 4.79 Å². The highest BCUT2D eigenvalue weighted by Crippen LogP contribution is 2.30. The maximum absolute atomic E-state index is 12.1. The summed E-state index contributed by atoms with van der Waals surface area (Å²) in [6.45, 7) is 4.04. The minimum absolute atomic E-state index is 0.172. The summed E-state index contributed by atoms with van der Waals surface area (Å²) in [5, 5.41) is 4.29. The van der Waals surface area contributed by atoms with Crippen molar-refractivity contribution in [1.29, 1.82) is 0 Å². The Morgan fingerprint density at radius 3 is 2.42 bits per heavy atom. The van der Waals surface area contributed by atoms with Gasteiger partial charge in [-0.15, -0.1) is 0 Å². The van der Waals surface area contributed by atoms with Crippen molar-refractivity contribution in [2.45, 2.75) is 13.8 Å². The van der Waals surface area contributed by atoms with Gasteiger partial charge in [-0.25, -0.2) is 4.99 Å². The third kappa shape index (κ3) is 4.01. The fourth-order valence-electron chi connectivity index (χ4n) is 2.37. The number of nitrogens with zero attached hydrogens (tertiary/aromatic N) is 1. The lowest BCUT2D eigenvalue weighted by Gasteiger charge is -2.00. The predicted molar refractivity (Wildman–Crippen MR) is 103 cm³/mol. The van der Waals surface area contributed by atoms with Gasteiger partial charge in [-0.3, -0.25) is 4.79 Å². The smallest absolute Gasteiger partial charge is 0.264 e. The number of amidine groups is 1. The lowest BCUT2D eigenvalue weighted by atomic mass is 10.1.